The minimum Gasteiger partial charge on any atom is -0.350 e. The Bertz CT molecular complexity index is 627. The van der Waals surface area contributed by atoms with E-state index < -0.39 is 0 Å². The monoisotopic (exact) mass is 310 g/mol. The zero-order chi connectivity index (χ0) is 16.9. The molecule has 122 valence electrons. The summed E-state index contributed by atoms with van der Waals surface area (Å²) < 4.78 is 0. The number of aryl methyl sites for hydroxylation is 1. The third-order valence-corrected chi connectivity index (χ3v) is 4.02. The fourth-order valence-corrected chi connectivity index (χ4v) is 2.47. The van der Waals surface area contributed by atoms with Gasteiger partial charge in [0, 0.05) is 18.8 Å². The summed E-state index contributed by atoms with van der Waals surface area (Å²) in [6.07, 6.45) is 4.75. The second kappa shape index (κ2) is 7.40. The SMILES string of the molecule is CC(NC(=O)CCc1cccnc1)c1ccc(C(C)(C)C)cc1. The lowest BCUT2D eigenvalue weighted by molar-refractivity contribution is -0.121. The van der Waals surface area contributed by atoms with Crippen LogP contribution in [0, 0.1) is 0 Å². The molecular weight excluding hydrogens is 284 g/mol. The molecular formula is C20H26N2O. The van der Waals surface area contributed by atoms with Gasteiger partial charge in [-0.05, 0) is 41.5 Å². The van der Waals surface area contributed by atoms with Crippen LogP contribution in [-0.2, 0) is 16.6 Å². The van der Waals surface area contributed by atoms with Crippen molar-refractivity contribution in [2.75, 3.05) is 0 Å². The van der Waals surface area contributed by atoms with Gasteiger partial charge in [0.15, 0.2) is 0 Å². The Morgan fingerprint density at radius 1 is 1.17 bits per heavy atom. The van der Waals surface area contributed by atoms with Crippen molar-refractivity contribution in [3.8, 4) is 0 Å². The third kappa shape index (κ3) is 5.20. The summed E-state index contributed by atoms with van der Waals surface area (Å²) in [7, 11) is 0. The lowest BCUT2D eigenvalue weighted by atomic mass is 9.86. The number of carbonyl (C=O) groups excluding carboxylic acids is 1. The number of hydrogen-bond acceptors (Lipinski definition) is 2. The molecule has 0 bridgehead atoms. The van der Waals surface area contributed by atoms with Gasteiger partial charge >= 0.3 is 0 Å². The lowest BCUT2D eigenvalue weighted by Crippen LogP contribution is -2.26. The van der Waals surface area contributed by atoms with Crippen LogP contribution in [0.25, 0.3) is 0 Å². The van der Waals surface area contributed by atoms with Crippen molar-refractivity contribution in [1.29, 1.82) is 0 Å². The Morgan fingerprint density at radius 3 is 2.43 bits per heavy atom. The number of carbonyl (C=O) groups is 1. The standard InChI is InChI=1S/C20H26N2O/c1-15(17-8-10-18(11-9-17)20(2,3)4)22-19(23)12-7-16-6-5-13-21-14-16/h5-6,8-11,13-15H,7,12H2,1-4H3,(H,22,23). The Kier molecular flexibility index (Phi) is 5.54. The molecule has 3 heteroatoms. The van der Waals surface area contributed by atoms with E-state index in [4.69, 9.17) is 0 Å². The average Bonchev–Trinajstić information content (AvgIpc) is 2.53. The summed E-state index contributed by atoms with van der Waals surface area (Å²) in [5, 5.41) is 3.07. The van der Waals surface area contributed by atoms with E-state index in [2.05, 4.69) is 55.3 Å². The van der Waals surface area contributed by atoms with Gasteiger partial charge in [0.05, 0.1) is 6.04 Å². The van der Waals surface area contributed by atoms with Gasteiger partial charge in [0.1, 0.15) is 0 Å². The summed E-state index contributed by atoms with van der Waals surface area (Å²) in [6, 6.07) is 12.4. The number of amides is 1. The highest BCUT2D eigenvalue weighted by molar-refractivity contribution is 5.76. The number of pyridine rings is 1. The molecule has 1 N–H and O–H groups in total. The number of nitrogens with zero attached hydrogens (tertiary/aromatic N) is 1. The summed E-state index contributed by atoms with van der Waals surface area (Å²) in [5.41, 5.74) is 3.67. The fourth-order valence-electron chi connectivity index (χ4n) is 2.47. The van der Waals surface area contributed by atoms with E-state index in [1.165, 1.54) is 5.56 Å². The quantitative estimate of drug-likeness (QED) is 0.899. The van der Waals surface area contributed by atoms with Gasteiger partial charge in [0.25, 0.3) is 0 Å². The Hall–Kier alpha value is -2.16. The molecule has 0 aliphatic rings. The zero-order valence-corrected chi connectivity index (χ0v) is 14.5. The highest BCUT2D eigenvalue weighted by atomic mass is 16.1. The van der Waals surface area contributed by atoms with Crippen LogP contribution in [0.5, 0.6) is 0 Å². The summed E-state index contributed by atoms with van der Waals surface area (Å²) >= 11 is 0. The predicted molar refractivity (Wildman–Crippen MR) is 94.3 cm³/mol. The second-order valence-electron chi connectivity index (χ2n) is 7.02. The number of rotatable bonds is 5. The highest BCUT2D eigenvalue weighted by Crippen LogP contribution is 2.23. The lowest BCUT2D eigenvalue weighted by Gasteiger charge is -2.20. The first kappa shape index (κ1) is 17.2. The van der Waals surface area contributed by atoms with Crippen LogP contribution in [-0.4, -0.2) is 10.9 Å². The van der Waals surface area contributed by atoms with E-state index in [1.54, 1.807) is 6.20 Å². The van der Waals surface area contributed by atoms with Crippen molar-refractivity contribution in [1.82, 2.24) is 10.3 Å². The maximum atomic E-state index is 12.1. The van der Waals surface area contributed by atoms with Crippen LogP contribution < -0.4 is 5.32 Å². The fraction of sp³-hybridized carbons (Fsp3) is 0.400. The van der Waals surface area contributed by atoms with E-state index in [0.717, 1.165) is 17.5 Å². The summed E-state index contributed by atoms with van der Waals surface area (Å²) in [5.74, 6) is 0.0706. The average molecular weight is 310 g/mol. The van der Waals surface area contributed by atoms with Crippen molar-refractivity contribution >= 4 is 5.91 Å². The molecule has 0 aliphatic carbocycles. The molecule has 1 aromatic heterocycles. The minimum atomic E-state index is 0.0189. The van der Waals surface area contributed by atoms with Gasteiger partial charge in [-0.1, -0.05) is 51.1 Å². The third-order valence-electron chi connectivity index (χ3n) is 4.02. The first-order valence-corrected chi connectivity index (χ1v) is 8.15. The van der Waals surface area contributed by atoms with Crippen LogP contribution >= 0.6 is 0 Å². The van der Waals surface area contributed by atoms with Gasteiger partial charge in [-0.25, -0.2) is 0 Å². The van der Waals surface area contributed by atoms with E-state index in [-0.39, 0.29) is 17.4 Å². The maximum absolute atomic E-state index is 12.1. The molecule has 2 rings (SSSR count). The van der Waals surface area contributed by atoms with Gasteiger partial charge in [-0.15, -0.1) is 0 Å². The smallest absolute Gasteiger partial charge is 0.220 e. The zero-order valence-electron chi connectivity index (χ0n) is 14.5. The Labute approximate surface area is 139 Å². The predicted octanol–water partition coefficient (Wildman–Crippen LogP) is 4.19. The van der Waals surface area contributed by atoms with Crippen LogP contribution in [0.1, 0.15) is 56.8 Å². The number of nitrogens with one attached hydrogen (secondary N) is 1. The van der Waals surface area contributed by atoms with E-state index >= 15 is 0 Å². The topological polar surface area (TPSA) is 42.0 Å². The molecule has 0 saturated heterocycles. The highest BCUT2D eigenvalue weighted by Gasteiger charge is 2.14. The van der Waals surface area contributed by atoms with Gasteiger partial charge in [-0.3, -0.25) is 9.78 Å². The summed E-state index contributed by atoms with van der Waals surface area (Å²) in [4.78, 5) is 16.2. The minimum absolute atomic E-state index is 0.0189. The molecule has 0 fully saturated rings. The largest absolute Gasteiger partial charge is 0.350 e. The first-order valence-electron chi connectivity index (χ1n) is 8.15. The van der Waals surface area contributed by atoms with Crippen molar-refractivity contribution < 1.29 is 4.79 Å². The second-order valence-corrected chi connectivity index (χ2v) is 7.02. The van der Waals surface area contributed by atoms with Crippen molar-refractivity contribution in [3.63, 3.8) is 0 Å². The molecule has 0 radical (unpaired) electrons. The van der Waals surface area contributed by atoms with E-state index in [0.29, 0.717) is 6.42 Å². The molecule has 1 unspecified atom stereocenters. The molecule has 0 saturated carbocycles. The molecule has 1 amide bonds. The van der Waals surface area contributed by atoms with Gasteiger partial charge < -0.3 is 5.32 Å². The molecule has 0 aliphatic heterocycles. The molecule has 1 aromatic carbocycles. The molecule has 0 spiro atoms. The van der Waals surface area contributed by atoms with E-state index in [1.807, 2.05) is 25.3 Å². The van der Waals surface area contributed by atoms with E-state index in [9.17, 15) is 4.79 Å². The number of hydrogen-bond donors (Lipinski definition) is 1. The van der Waals surface area contributed by atoms with Crippen LogP contribution in [0.3, 0.4) is 0 Å². The van der Waals surface area contributed by atoms with Crippen LogP contribution in [0.15, 0.2) is 48.8 Å². The molecule has 23 heavy (non-hydrogen) atoms. The van der Waals surface area contributed by atoms with Crippen molar-refractivity contribution in [3.05, 3.63) is 65.5 Å². The van der Waals surface area contributed by atoms with Crippen molar-refractivity contribution in [2.24, 2.45) is 0 Å². The van der Waals surface area contributed by atoms with Crippen LogP contribution in [0.2, 0.25) is 0 Å². The molecule has 1 heterocycles. The number of aromatic nitrogens is 1. The molecule has 1 atom stereocenters. The molecule has 2 aromatic rings. The Balaban J connectivity index is 1.88. The number of benzene rings is 1. The Morgan fingerprint density at radius 2 is 1.87 bits per heavy atom. The first-order chi connectivity index (χ1) is 10.9. The van der Waals surface area contributed by atoms with Crippen LogP contribution in [0.4, 0.5) is 0 Å². The summed E-state index contributed by atoms with van der Waals surface area (Å²) in [6.45, 7) is 8.62. The van der Waals surface area contributed by atoms with Crippen molar-refractivity contribution in [2.45, 2.75) is 52.0 Å². The normalized spacial score (nSPS) is 12.7. The van der Waals surface area contributed by atoms with Gasteiger partial charge in [0.2, 0.25) is 5.91 Å². The molecule has 3 nitrogen and oxygen atoms in total. The van der Waals surface area contributed by atoms with Gasteiger partial charge in [-0.2, -0.15) is 0 Å². The maximum Gasteiger partial charge on any atom is 0.220 e.